The summed E-state index contributed by atoms with van der Waals surface area (Å²) in [5.41, 5.74) is 3.19. The number of hydrogen-bond donors (Lipinski definition) is 2. The Labute approximate surface area is 247 Å². The number of carbonyl (C=O) groups excluding carboxylic acids is 2. The number of carbonyl (C=O) groups is 2. The summed E-state index contributed by atoms with van der Waals surface area (Å²) >= 11 is 1.36. The Morgan fingerprint density at radius 2 is 1.50 bits per heavy atom. The first-order valence-corrected chi connectivity index (χ1v) is 14.2. The van der Waals surface area contributed by atoms with Gasteiger partial charge >= 0.3 is 0 Å². The van der Waals surface area contributed by atoms with Crippen molar-refractivity contribution in [2.24, 2.45) is 7.05 Å². The monoisotopic (exact) mass is 578 g/mol. The summed E-state index contributed by atoms with van der Waals surface area (Å²) in [7, 11) is 3.34. The van der Waals surface area contributed by atoms with Crippen molar-refractivity contribution in [2.75, 3.05) is 17.7 Å². The number of hydrogen-bond acceptors (Lipinski definition) is 5. The highest BCUT2D eigenvalue weighted by Crippen LogP contribution is 2.37. The summed E-state index contributed by atoms with van der Waals surface area (Å²) in [6.07, 6.45) is 0. The van der Waals surface area contributed by atoms with Gasteiger partial charge in [0.25, 0.3) is 11.5 Å². The van der Waals surface area contributed by atoms with E-state index >= 15 is 0 Å². The molecule has 8 nitrogen and oxygen atoms in total. The van der Waals surface area contributed by atoms with Gasteiger partial charge in [-0.1, -0.05) is 54.6 Å². The van der Waals surface area contributed by atoms with E-state index in [4.69, 9.17) is 4.74 Å². The average Bonchev–Trinajstić information content (AvgIpc) is 3.24. The molecular weight excluding hydrogens is 548 g/mol. The van der Waals surface area contributed by atoms with E-state index in [0.717, 1.165) is 10.5 Å². The van der Waals surface area contributed by atoms with Crippen molar-refractivity contribution in [1.29, 1.82) is 0 Å². The smallest absolute Gasteiger partial charge is 0.295 e. The molecule has 5 aromatic rings. The van der Waals surface area contributed by atoms with Gasteiger partial charge in [-0.25, -0.2) is 4.68 Å². The molecule has 2 N–H and O–H groups in total. The molecule has 0 fully saturated rings. The third kappa shape index (κ3) is 6.16. The number of nitrogens with zero attached hydrogens (tertiary/aromatic N) is 2. The number of benzene rings is 4. The number of ether oxygens (including phenoxy) is 1. The van der Waals surface area contributed by atoms with E-state index in [9.17, 15) is 14.4 Å². The van der Waals surface area contributed by atoms with Crippen molar-refractivity contribution in [1.82, 2.24) is 9.36 Å². The molecule has 0 bridgehead atoms. The molecule has 5 rings (SSSR count). The molecule has 0 aliphatic carbocycles. The fraction of sp³-hybridized carbons (Fsp3) is 0.121. The predicted octanol–water partition coefficient (Wildman–Crippen LogP) is 6.22. The van der Waals surface area contributed by atoms with Gasteiger partial charge in [-0.05, 0) is 67.1 Å². The Bertz CT molecular complexity index is 1760. The molecule has 0 saturated carbocycles. The van der Waals surface area contributed by atoms with Gasteiger partial charge in [-0.3, -0.25) is 19.1 Å². The summed E-state index contributed by atoms with van der Waals surface area (Å²) < 4.78 is 8.47. The lowest BCUT2D eigenvalue weighted by Gasteiger charge is -2.17. The Kier molecular flexibility index (Phi) is 8.59. The summed E-state index contributed by atoms with van der Waals surface area (Å²) in [4.78, 5) is 40.7. The van der Waals surface area contributed by atoms with Crippen LogP contribution < -0.4 is 20.9 Å². The molecule has 9 heteroatoms. The Balaban J connectivity index is 1.36. The second-order valence-electron chi connectivity index (χ2n) is 9.54. The Morgan fingerprint density at radius 1 is 0.833 bits per heavy atom. The highest BCUT2D eigenvalue weighted by molar-refractivity contribution is 8.00. The quantitative estimate of drug-likeness (QED) is 0.203. The van der Waals surface area contributed by atoms with Crippen molar-refractivity contribution in [3.8, 4) is 11.4 Å². The van der Waals surface area contributed by atoms with Crippen LogP contribution >= 0.6 is 11.8 Å². The van der Waals surface area contributed by atoms with Crippen molar-refractivity contribution >= 4 is 35.0 Å². The third-order valence-corrected chi connectivity index (χ3v) is 8.11. The molecule has 0 saturated heterocycles. The van der Waals surface area contributed by atoms with Gasteiger partial charge < -0.3 is 15.4 Å². The molecule has 0 radical (unpaired) electrons. The number of methoxy groups -OCH3 is 1. The molecule has 0 aliphatic heterocycles. The van der Waals surface area contributed by atoms with Crippen molar-refractivity contribution in [2.45, 2.75) is 17.1 Å². The SMILES string of the molecule is COc1cccc(C(=O)Nc2ccc(SC(C(=O)Nc3c(C)n(C)n(-c4ccccc4)c3=O)c3ccccc3)cc2)c1. The molecule has 1 atom stereocenters. The third-order valence-electron chi connectivity index (χ3n) is 6.84. The maximum atomic E-state index is 13.7. The molecule has 1 aromatic heterocycles. The second kappa shape index (κ2) is 12.7. The van der Waals surface area contributed by atoms with Gasteiger partial charge in [-0.15, -0.1) is 11.8 Å². The van der Waals surface area contributed by atoms with Crippen LogP contribution in [0.2, 0.25) is 0 Å². The molecule has 0 aliphatic rings. The van der Waals surface area contributed by atoms with Crippen molar-refractivity contribution in [3.05, 3.63) is 136 Å². The fourth-order valence-electron chi connectivity index (χ4n) is 4.52. The molecule has 1 unspecified atom stereocenters. The highest BCUT2D eigenvalue weighted by Gasteiger charge is 2.26. The fourth-order valence-corrected chi connectivity index (χ4v) is 5.55. The number of amides is 2. The van der Waals surface area contributed by atoms with Crippen LogP contribution in [0.25, 0.3) is 5.69 Å². The van der Waals surface area contributed by atoms with E-state index in [1.165, 1.54) is 16.4 Å². The Hall–Kier alpha value is -5.02. The largest absolute Gasteiger partial charge is 0.497 e. The lowest BCUT2D eigenvalue weighted by atomic mass is 10.1. The van der Waals surface area contributed by atoms with Gasteiger partial charge in [0.2, 0.25) is 5.91 Å². The summed E-state index contributed by atoms with van der Waals surface area (Å²) in [5, 5.41) is 5.17. The van der Waals surface area contributed by atoms with Gasteiger partial charge in [0, 0.05) is 23.2 Å². The minimum absolute atomic E-state index is 0.239. The summed E-state index contributed by atoms with van der Waals surface area (Å²) in [6.45, 7) is 1.81. The van der Waals surface area contributed by atoms with Crippen LogP contribution in [0, 0.1) is 6.92 Å². The van der Waals surface area contributed by atoms with Crippen LogP contribution in [-0.4, -0.2) is 28.3 Å². The first kappa shape index (κ1) is 28.5. The van der Waals surface area contributed by atoms with Gasteiger partial charge in [0.15, 0.2) is 0 Å². The number of rotatable bonds is 9. The van der Waals surface area contributed by atoms with E-state index in [1.807, 2.05) is 72.8 Å². The van der Waals surface area contributed by atoms with E-state index < -0.39 is 5.25 Å². The van der Waals surface area contributed by atoms with Gasteiger partial charge in [-0.2, -0.15) is 0 Å². The van der Waals surface area contributed by atoms with Crippen LogP contribution in [0.5, 0.6) is 5.75 Å². The maximum Gasteiger partial charge on any atom is 0.295 e. The van der Waals surface area contributed by atoms with E-state index in [2.05, 4.69) is 10.6 Å². The van der Waals surface area contributed by atoms with Crippen LogP contribution in [0.15, 0.2) is 119 Å². The minimum atomic E-state index is -0.632. The van der Waals surface area contributed by atoms with Gasteiger partial charge in [0.1, 0.15) is 16.7 Å². The van der Waals surface area contributed by atoms with Crippen molar-refractivity contribution in [3.63, 3.8) is 0 Å². The average molecular weight is 579 g/mol. The lowest BCUT2D eigenvalue weighted by molar-refractivity contribution is -0.115. The van der Waals surface area contributed by atoms with E-state index in [1.54, 1.807) is 62.2 Å². The number of thioether (sulfide) groups is 1. The molecule has 1 heterocycles. The van der Waals surface area contributed by atoms with Crippen molar-refractivity contribution < 1.29 is 14.3 Å². The molecule has 212 valence electrons. The highest BCUT2D eigenvalue weighted by atomic mass is 32.2. The first-order chi connectivity index (χ1) is 20.4. The standard InChI is InChI=1S/C33H30N4O4S/c1-22-29(33(40)37(36(22)2)26-14-8-5-9-15-26)35-32(39)30(23-11-6-4-7-12-23)42-28-19-17-25(18-20-28)34-31(38)24-13-10-16-27(21-24)41-3/h4-21,30H,1-3H3,(H,34,38)(H,35,39). The summed E-state index contributed by atoms with van der Waals surface area (Å²) in [5.74, 6) is 0.0344. The van der Waals surface area contributed by atoms with Gasteiger partial charge in [0.05, 0.1) is 18.5 Å². The maximum absolute atomic E-state index is 13.7. The Morgan fingerprint density at radius 3 is 2.17 bits per heavy atom. The van der Waals surface area contributed by atoms with Crippen LogP contribution in [-0.2, 0) is 11.8 Å². The zero-order valence-electron chi connectivity index (χ0n) is 23.4. The number of anilines is 2. The molecule has 4 aromatic carbocycles. The second-order valence-corrected chi connectivity index (χ2v) is 10.7. The molecule has 42 heavy (non-hydrogen) atoms. The zero-order chi connectivity index (χ0) is 29.6. The zero-order valence-corrected chi connectivity index (χ0v) is 24.2. The van der Waals surface area contributed by atoms with Crippen LogP contribution in [0.4, 0.5) is 11.4 Å². The topological polar surface area (TPSA) is 94.4 Å². The van der Waals surface area contributed by atoms with E-state index in [-0.39, 0.29) is 23.1 Å². The number of para-hydroxylation sites is 1. The normalized spacial score (nSPS) is 11.5. The first-order valence-electron chi connectivity index (χ1n) is 13.3. The molecule has 2 amide bonds. The molecular formula is C33H30N4O4S. The van der Waals surface area contributed by atoms with Crippen LogP contribution in [0.1, 0.15) is 26.9 Å². The molecule has 0 spiro atoms. The van der Waals surface area contributed by atoms with Crippen LogP contribution in [0.3, 0.4) is 0 Å². The van der Waals surface area contributed by atoms with E-state index in [0.29, 0.717) is 28.4 Å². The summed E-state index contributed by atoms with van der Waals surface area (Å²) in [6, 6.07) is 32.9. The lowest BCUT2D eigenvalue weighted by Crippen LogP contribution is -2.25. The number of aromatic nitrogens is 2. The minimum Gasteiger partial charge on any atom is -0.497 e. The number of nitrogens with one attached hydrogen (secondary N) is 2. The predicted molar refractivity (Wildman–Crippen MR) is 167 cm³/mol.